The second-order valence-electron chi connectivity index (χ2n) is 11.4. The number of piperidine rings is 2. The summed E-state index contributed by atoms with van der Waals surface area (Å²) in [5.74, 6) is -0.510. The third-order valence-electron chi connectivity index (χ3n) is 7.10. The standard InChI is InChI=1S/C24H44N2O6/c1-17(27)31-19-13-21(3,4)25(29-9)23(7,15-19)11-12-24(8)16-20(32-18(2)28)14-22(5,6)26(24)30-10/h19-20H,11-16H2,1-10H3. The lowest BCUT2D eigenvalue weighted by Crippen LogP contribution is -2.65. The molecule has 8 heteroatoms. The minimum Gasteiger partial charge on any atom is -0.462 e. The predicted molar refractivity (Wildman–Crippen MR) is 121 cm³/mol. The van der Waals surface area contributed by atoms with Crippen molar-refractivity contribution in [2.24, 2.45) is 0 Å². The Hall–Kier alpha value is -1.22. The van der Waals surface area contributed by atoms with Gasteiger partial charge in [-0.25, -0.2) is 0 Å². The van der Waals surface area contributed by atoms with Crippen LogP contribution in [0, 0.1) is 0 Å². The van der Waals surface area contributed by atoms with Gasteiger partial charge in [0.25, 0.3) is 0 Å². The summed E-state index contributed by atoms with van der Waals surface area (Å²) in [4.78, 5) is 35.2. The highest BCUT2D eigenvalue weighted by Gasteiger charge is 2.53. The van der Waals surface area contributed by atoms with Crippen LogP contribution in [0.15, 0.2) is 0 Å². The molecule has 2 rings (SSSR count). The van der Waals surface area contributed by atoms with Crippen molar-refractivity contribution in [2.45, 2.75) is 128 Å². The van der Waals surface area contributed by atoms with E-state index in [-0.39, 0.29) is 46.3 Å². The molecule has 2 heterocycles. The van der Waals surface area contributed by atoms with E-state index in [2.05, 4.69) is 51.7 Å². The van der Waals surface area contributed by atoms with Crippen LogP contribution in [0.5, 0.6) is 0 Å². The number of hydroxylamine groups is 4. The molecule has 2 aliphatic rings. The van der Waals surface area contributed by atoms with Crippen molar-refractivity contribution in [3.8, 4) is 0 Å². The van der Waals surface area contributed by atoms with Gasteiger partial charge in [0.05, 0.1) is 14.2 Å². The second-order valence-corrected chi connectivity index (χ2v) is 11.4. The van der Waals surface area contributed by atoms with Gasteiger partial charge in [-0.05, 0) is 54.4 Å². The number of hydrogen-bond acceptors (Lipinski definition) is 8. The second kappa shape index (κ2) is 9.57. The van der Waals surface area contributed by atoms with Gasteiger partial charge in [-0.2, -0.15) is 10.1 Å². The molecule has 0 amide bonds. The van der Waals surface area contributed by atoms with Gasteiger partial charge >= 0.3 is 11.9 Å². The first-order valence-electron chi connectivity index (χ1n) is 11.6. The first-order chi connectivity index (χ1) is 14.6. The zero-order valence-corrected chi connectivity index (χ0v) is 21.7. The molecule has 0 aliphatic carbocycles. The fourth-order valence-corrected chi connectivity index (χ4v) is 6.55. The number of esters is 2. The van der Waals surface area contributed by atoms with Crippen LogP contribution >= 0.6 is 0 Å². The molecule has 2 aliphatic heterocycles. The lowest BCUT2D eigenvalue weighted by molar-refractivity contribution is -0.299. The molecule has 0 bridgehead atoms. The van der Waals surface area contributed by atoms with Crippen LogP contribution in [-0.2, 0) is 28.7 Å². The number of ether oxygens (including phenoxy) is 2. The van der Waals surface area contributed by atoms with Gasteiger partial charge in [0.2, 0.25) is 0 Å². The Bertz CT molecular complexity index is 638. The molecule has 0 aromatic heterocycles. The molecule has 4 unspecified atom stereocenters. The Morgan fingerprint density at radius 3 is 1.25 bits per heavy atom. The maximum Gasteiger partial charge on any atom is 0.302 e. The van der Waals surface area contributed by atoms with Gasteiger partial charge in [0.15, 0.2) is 0 Å². The molecule has 186 valence electrons. The Balaban J connectivity index is 2.31. The molecule has 0 spiro atoms. The van der Waals surface area contributed by atoms with Crippen molar-refractivity contribution in [2.75, 3.05) is 14.2 Å². The number of nitrogens with zero attached hydrogens (tertiary/aromatic N) is 2. The summed E-state index contributed by atoms with van der Waals surface area (Å²) in [5, 5.41) is 4.13. The Kier molecular flexibility index (Phi) is 8.08. The normalized spacial score (nSPS) is 35.3. The zero-order valence-electron chi connectivity index (χ0n) is 21.7. The van der Waals surface area contributed by atoms with Gasteiger partial charge in [-0.3, -0.25) is 9.59 Å². The quantitative estimate of drug-likeness (QED) is 0.532. The monoisotopic (exact) mass is 456 g/mol. The van der Waals surface area contributed by atoms with Crippen LogP contribution in [0.2, 0.25) is 0 Å². The topological polar surface area (TPSA) is 77.5 Å². The highest BCUT2D eigenvalue weighted by atomic mass is 16.7. The molecule has 0 N–H and O–H groups in total. The molecular formula is C24H44N2O6. The molecule has 0 radical (unpaired) electrons. The maximum absolute atomic E-state index is 11.7. The average molecular weight is 457 g/mol. The van der Waals surface area contributed by atoms with E-state index in [0.717, 1.165) is 12.8 Å². The molecule has 0 aromatic carbocycles. The molecular weight excluding hydrogens is 412 g/mol. The van der Waals surface area contributed by atoms with Crippen molar-refractivity contribution in [3.63, 3.8) is 0 Å². The summed E-state index contributed by atoms with van der Waals surface area (Å²) in [6, 6.07) is 0. The smallest absolute Gasteiger partial charge is 0.302 e. The lowest BCUT2D eigenvalue weighted by atomic mass is 9.72. The van der Waals surface area contributed by atoms with Crippen LogP contribution in [0.1, 0.15) is 93.9 Å². The SMILES string of the molecule is CON1C(C)(C)CC(OC(C)=O)CC1(C)CCC1(C)CC(OC(C)=O)CC(C)(C)N1OC. The lowest BCUT2D eigenvalue weighted by Gasteiger charge is -2.57. The van der Waals surface area contributed by atoms with E-state index >= 15 is 0 Å². The van der Waals surface area contributed by atoms with E-state index in [1.54, 1.807) is 14.2 Å². The Labute approximate surface area is 193 Å². The van der Waals surface area contributed by atoms with E-state index in [1.807, 2.05) is 0 Å². The molecule has 4 atom stereocenters. The van der Waals surface area contributed by atoms with Crippen LogP contribution in [0.4, 0.5) is 0 Å². The summed E-state index contributed by atoms with van der Waals surface area (Å²) in [7, 11) is 3.41. The molecule has 0 saturated carbocycles. The van der Waals surface area contributed by atoms with Crippen molar-refractivity contribution in [1.29, 1.82) is 0 Å². The summed E-state index contributed by atoms with van der Waals surface area (Å²) in [5.41, 5.74) is -1.29. The number of rotatable bonds is 7. The van der Waals surface area contributed by atoms with Crippen LogP contribution in [0.3, 0.4) is 0 Å². The molecule has 2 fully saturated rings. The van der Waals surface area contributed by atoms with E-state index in [1.165, 1.54) is 13.8 Å². The summed E-state index contributed by atoms with van der Waals surface area (Å²) >= 11 is 0. The predicted octanol–water partition coefficient (Wildman–Crippen LogP) is 4.02. The molecule has 2 saturated heterocycles. The Morgan fingerprint density at radius 2 is 1.00 bits per heavy atom. The first kappa shape index (κ1) is 27.0. The largest absolute Gasteiger partial charge is 0.462 e. The average Bonchev–Trinajstić information content (AvgIpc) is 2.57. The molecule has 32 heavy (non-hydrogen) atoms. The zero-order chi connectivity index (χ0) is 24.5. The summed E-state index contributed by atoms with van der Waals surface area (Å²) < 4.78 is 11.3. The highest BCUT2D eigenvalue weighted by Crippen LogP contribution is 2.47. The van der Waals surface area contributed by atoms with Crippen molar-refractivity contribution < 1.29 is 28.7 Å². The third kappa shape index (κ3) is 5.82. The third-order valence-corrected chi connectivity index (χ3v) is 7.10. The molecule has 8 nitrogen and oxygen atoms in total. The number of carbonyl (C=O) groups excluding carboxylic acids is 2. The van der Waals surface area contributed by atoms with Crippen molar-refractivity contribution >= 4 is 11.9 Å². The van der Waals surface area contributed by atoms with E-state index in [9.17, 15) is 9.59 Å². The van der Waals surface area contributed by atoms with Gasteiger partial charge in [0.1, 0.15) is 12.2 Å². The minimum atomic E-state index is -0.350. The first-order valence-corrected chi connectivity index (χ1v) is 11.6. The van der Waals surface area contributed by atoms with E-state index in [0.29, 0.717) is 25.7 Å². The fraction of sp³-hybridized carbons (Fsp3) is 0.917. The maximum atomic E-state index is 11.7. The van der Waals surface area contributed by atoms with Gasteiger partial charge in [-0.1, -0.05) is 0 Å². The summed E-state index contributed by atoms with van der Waals surface area (Å²) in [6.45, 7) is 15.7. The molecule has 0 aromatic rings. The van der Waals surface area contributed by atoms with Crippen LogP contribution in [-0.4, -0.2) is 70.6 Å². The highest BCUT2D eigenvalue weighted by molar-refractivity contribution is 5.66. The van der Waals surface area contributed by atoms with Gasteiger partial charge in [-0.15, -0.1) is 0 Å². The van der Waals surface area contributed by atoms with Crippen LogP contribution < -0.4 is 0 Å². The minimum absolute atomic E-state index is 0.165. The number of hydrogen-bond donors (Lipinski definition) is 0. The van der Waals surface area contributed by atoms with Crippen LogP contribution in [0.25, 0.3) is 0 Å². The van der Waals surface area contributed by atoms with Gasteiger partial charge < -0.3 is 19.1 Å². The number of carbonyl (C=O) groups is 2. The summed E-state index contributed by atoms with van der Waals surface area (Å²) in [6.07, 6.45) is 4.04. The van der Waals surface area contributed by atoms with Crippen molar-refractivity contribution in [3.05, 3.63) is 0 Å². The van der Waals surface area contributed by atoms with Gasteiger partial charge in [0, 0.05) is 61.7 Å². The van der Waals surface area contributed by atoms with E-state index < -0.39 is 0 Å². The van der Waals surface area contributed by atoms with Crippen molar-refractivity contribution in [1.82, 2.24) is 10.1 Å². The fourth-order valence-electron chi connectivity index (χ4n) is 6.55. The Morgan fingerprint density at radius 1 is 0.688 bits per heavy atom. The van der Waals surface area contributed by atoms with E-state index in [4.69, 9.17) is 19.1 Å².